The second-order valence-corrected chi connectivity index (χ2v) is 9.06. The monoisotopic (exact) mass is 404 g/mol. The van der Waals surface area contributed by atoms with Gasteiger partial charge >= 0.3 is 0 Å². The zero-order chi connectivity index (χ0) is 20.9. The molecule has 152 valence electrons. The van der Waals surface area contributed by atoms with E-state index in [9.17, 15) is 13.2 Å². The van der Waals surface area contributed by atoms with Crippen LogP contribution in [0.2, 0.25) is 0 Å². The molecule has 0 saturated heterocycles. The Morgan fingerprint density at radius 2 is 1.79 bits per heavy atom. The van der Waals surface area contributed by atoms with Crippen molar-refractivity contribution >= 4 is 21.6 Å². The molecule has 1 amide bonds. The van der Waals surface area contributed by atoms with Gasteiger partial charge in [-0.2, -0.15) is 0 Å². The van der Waals surface area contributed by atoms with E-state index < -0.39 is 10.0 Å². The van der Waals surface area contributed by atoms with E-state index in [1.165, 1.54) is 33.3 Å². The molecule has 6 nitrogen and oxygen atoms in total. The summed E-state index contributed by atoms with van der Waals surface area (Å²) in [5.74, 6) is -0.0348. The standard InChI is InChI=1S/C21H28N2O4S/c1-6-15(2)20(16-10-8-7-9-11-16)21(24)22-18-14-17(12-13-19(18)27-5)28(25,26)23(3)4/h7-15,20H,6H2,1-5H3,(H,22,24)/t15-,20+/m0/s1. The molecule has 1 N–H and O–H groups in total. The lowest BCUT2D eigenvalue weighted by Crippen LogP contribution is -2.27. The summed E-state index contributed by atoms with van der Waals surface area (Å²) in [6, 6.07) is 14.0. The van der Waals surface area contributed by atoms with Gasteiger partial charge in [0, 0.05) is 14.1 Å². The zero-order valence-electron chi connectivity index (χ0n) is 17.0. The lowest BCUT2D eigenvalue weighted by Gasteiger charge is -2.23. The predicted octanol–water partition coefficient (Wildman–Crippen LogP) is 3.71. The maximum Gasteiger partial charge on any atom is 0.242 e. The first kappa shape index (κ1) is 21.9. The van der Waals surface area contributed by atoms with E-state index in [1.807, 2.05) is 44.2 Å². The fourth-order valence-electron chi connectivity index (χ4n) is 3.00. The van der Waals surface area contributed by atoms with Gasteiger partial charge in [-0.15, -0.1) is 0 Å². The summed E-state index contributed by atoms with van der Waals surface area (Å²) in [7, 11) is 0.782. The highest BCUT2D eigenvalue weighted by Crippen LogP contribution is 2.32. The Balaban J connectivity index is 2.43. The van der Waals surface area contributed by atoms with Crippen molar-refractivity contribution in [2.45, 2.75) is 31.1 Å². The maximum absolute atomic E-state index is 13.1. The normalized spacial score (nSPS) is 13.8. The number of rotatable bonds is 8. The molecule has 2 atom stereocenters. The quantitative estimate of drug-likeness (QED) is 0.728. The molecular weight excluding hydrogens is 376 g/mol. The predicted molar refractivity (Wildman–Crippen MR) is 111 cm³/mol. The SMILES string of the molecule is CC[C@H](C)[C@@H](C(=O)Nc1cc(S(=O)(=O)N(C)C)ccc1OC)c1ccccc1. The minimum Gasteiger partial charge on any atom is -0.495 e. The van der Waals surface area contributed by atoms with Crippen molar-refractivity contribution < 1.29 is 17.9 Å². The van der Waals surface area contributed by atoms with Crippen LogP contribution in [-0.4, -0.2) is 39.8 Å². The second-order valence-electron chi connectivity index (χ2n) is 6.91. The highest BCUT2D eigenvalue weighted by atomic mass is 32.2. The van der Waals surface area contributed by atoms with Gasteiger partial charge in [-0.1, -0.05) is 50.6 Å². The van der Waals surface area contributed by atoms with Gasteiger partial charge < -0.3 is 10.1 Å². The molecule has 28 heavy (non-hydrogen) atoms. The van der Waals surface area contributed by atoms with Crippen LogP contribution < -0.4 is 10.1 Å². The molecule has 0 saturated carbocycles. The molecule has 0 bridgehead atoms. The smallest absolute Gasteiger partial charge is 0.242 e. The summed E-state index contributed by atoms with van der Waals surface area (Å²) in [4.78, 5) is 13.2. The maximum atomic E-state index is 13.1. The number of anilines is 1. The minimum atomic E-state index is -3.63. The first-order chi connectivity index (χ1) is 13.2. The molecule has 0 aromatic heterocycles. The van der Waals surface area contributed by atoms with E-state index in [0.29, 0.717) is 11.4 Å². The van der Waals surface area contributed by atoms with Crippen LogP contribution >= 0.6 is 0 Å². The molecule has 2 aromatic carbocycles. The number of hydrogen-bond donors (Lipinski definition) is 1. The van der Waals surface area contributed by atoms with Crippen LogP contribution in [0.15, 0.2) is 53.4 Å². The van der Waals surface area contributed by atoms with E-state index in [0.717, 1.165) is 16.3 Å². The Bertz CT molecular complexity index is 911. The van der Waals surface area contributed by atoms with Gasteiger partial charge in [-0.3, -0.25) is 4.79 Å². The molecule has 0 unspecified atom stereocenters. The van der Waals surface area contributed by atoms with Crippen LogP contribution in [0.5, 0.6) is 5.75 Å². The fraction of sp³-hybridized carbons (Fsp3) is 0.381. The van der Waals surface area contributed by atoms with Gasteiger partial charge in [-0.25, -0.2) is 12.7 Å². The van der Waals surface area contributed by atoms with Crippen molar-refractivity contribution in [3.05, 3.63) is 54.1 Å². The molecule has 0 heterocycles. The van der Waals surface area contributed by atoms with Gasteiger partial charge in [0.15, 0.2) is 0 Å². The Kier molecular flexibility index (Phi) is 7.21. The van der Waals surface area contributed by atoms with Crippen LogP contribution in [0.25, 0.3) is 0 Å². The van der Waals surface area contributed by atoms with E-state index in [2.05, 4.69) is 5.32 Å². The highest BCUT2D eigenvalue weighted by Gasteiger charge is 2.27. The number of nitrogens with zero attached hydrogens (tertiary/aromatic N) is 1. The number of hydrogen-bond acceptors (Lipinski definition) is 4. The molecule has 0 fully saturated rings. The lowest BCUT2D eigenvalue weighted by molar-refractivity contribution is -0.118. The van der Waals surface area contributed by atoms with E-state index in [-0.39, 0.29) is 22.6 Å². The summed E-state index contributed by atoms with van der Waals surface area (Å²) >= 11 is 0. The van der Waals surface area contributed by atoms with Crippen molar-refractivity contribution in [2.24, 2.45) is 5.92 Å². The molecule has 0 aliphatic rings. The number of sulfonamides is 1. The van der Waals surface area contributed by atoms with Crippen molar-refractivity contribution in [1.82, 2.24) is 4.31 Å². The van der Waals surface area contributed by atoms with Gasteiger partial charge in [-0.05, 0) is 29.7 Å². The van der Waals surface area contributed by atoms with Crippen molar-refractivity contribution in [1.29, 1.82) is 0 Å². The second kappa shape index (κ2) is 9.21. The van der Waals surface area contributed by atoms with E-state index in [1.54, 1.807) is 6.07 Å². The van der Waals surface area contributed by atoms with Gasteiger partial charge in [0.25, 0.3) is 0 Å². The summed E-state index contributed by atoms with van der Waals surface area (Å²) in [6.07, 6.45) is 0.833. The Morgan fingerprint density at radius 3 is 2.32 bits per heavy atom. The molecule has 2 rings (SSSR count). The number of benzene rings is 2. The number of carbonyl (C=O) groups is 1. The molecule has 0 spiro atoms. The zero-order valence-corrected chi connectivity index (χ0v) is 17.8. The summed E-state index contributed by atoms with van der Waals surface area (Å²) in [5, 5.41) is 2.88. The average molecular weight is 405 g/mol. The van der Waals surface area contributed by atoms with Crippen LogP contribution in [0.4, 0.5) is 5.69 Å². The molecule has 0 radical (unpaired) electrons. The number of amides is 1. The molecule has 2 aromatic rings. The first-order valence-corrected chi connectivity index (χ1v) is 10.6. The number of nitrogens with one attached hydrogen (secondary N) is 1. The minimum absolute atomic E-state index is 0.0911. The van der Waals surface area contributed by atoms with Gasteiger partial charge in [0.05, 0.1) is 23.6 Å². The summed E-state index contributed by atoms with van der Waals surface area (Å²) < 4.78 is 31.4. The number of carbonyl (C=O) groups excluding carboxylic acids is 1. The topological polar surface area (TPSA) is 75.7 Å². The van der Waals surface area contributed by atoms with E-state index in [4.69, 9.17) is 4.74 Å². The Hall–Kier alpha value is -2.38. The first-order valence-electron chi connectivity index (χ1n) is 9.18. The van der Waals surface area contributed by atoms with Crippen LogP contribution in [0.3, 0.4) is 0 Å². The van der Waals surface area contributed by atoms with Gasteiger partial charge in [0.2, 0.25) is 15.9 Å². The van der Waals surface area contributed by atoms with E-state index >= 15 is 0 Å². The largest absolute Gasteiger partial charge is 0.495 e. The third kappa shape index (κ3) is 4.72. The van der Waals surface area contributed by atoms with Crippen molar-refractivity contribution in [2.75, 3.05) is 26.5 Å². The van der Waals surface area contributed by atoms with Crippen molar-refractivity contribution in [3.63, 3.8) is 0 Å². The number of methoxy groups -OCH3 is 1. The Morgan fingerprint density at radius 1 is 1.14 bits per heavy atom. The Labute approximate surface area is 167 Å². The van der Waals surface area contributed by atoms with Crippen LogP contribution in [0, 0.1) is 5.92 Å². The fourth-order valence-corrected chi connectivity index (χ4v) is 3.93. The summed E-state index contributed by atoms with van der Waals surface area (Å²) in [6.45, 7) is 4.07. The van der Waals surface area contributed by atoms with Crippen LogP contribution in [-0.2, 0) is 14.8 Å². The number of ether oxygens (including phenoxy) is 1. The lowest BCUT2D eigenvalue weighted by atomic mass is 9.85. The third-order valence-corrected chi connectivity index (χ3v) is 6.67. The van der Waals surface area contributed by atoms with Gasteiger partial charge in [0.1, 0.15) is 5.75 Å². The summed E-state index contributed by atoms with van der Waals surface area (Å²) in [5.41, 5.74) is 1.25. The van der Waals surface area contributed by atoms with Crippen molar-refractivity contribution in [3.8, 4) is 5.75 Å². The molecular formula is C21H28N2O4S. The van der Waals surface area contributed by atoms with Crippen LogP contribution in [0.1, 0.15) is 31.7 Å². The highest BCUT2D eigenvalue weighted by molar-refractivity contribution is 7.89. The molecule has 7 heteroatoms. The molecule has 0 aliphatic carbocycles. The third-order valence-electron chi connectivity index (χ3n) is 4.86. The molecule has 0 aliphatic heterocycles. The average Bonchev–Trinajstić information content (AvgIpc) is 2.68.